The van der Waals surface area contributed by atoms with E-state index in [0.29, 0.717) is 11.8 Å². The quantitative estimate of drug-likeness (QED) is 0.672. The largest absolute Gasteiger partial charge is 0.339 e. The molecule has 2 unspecified atom stereocenters. The van der Waals surface area contributed by atoms with Crippen molar-refractivity contribution in [2.75, 3.05) is 13.1 Å². The molecule has 0 amide bonds. The lowest BCUT2D eigenvalue weighted by Gasteiger charge is -2.06. The molecule has 1 aliphatic heterocycles. The van der Waals surface area contributed by atoms with Crippen LogP contribution in [-0.2, 0) is 0 Å². The third-order valence-electron chi connectivity index (χ3n) is 2.29. The molecule has 1 aromatic rings. The molecular formula is C8H13N3O. The van der Waals surface area contributed by atoms with Gasteiger partial charge < -0.3 is 9.84 Å². The Morgan fingerprint density at radius 3 is 3.17 bits per heavy atom. The Labute approximate surface area is 74.2 Å². The maximum Gasteiger partial charge on any atom is 0.231 e. The van der Waals surface area contributed by atoms with Gasteiger partial charge in [-0.05, 0) is 19.3 Å². The Morgan fingerprint density at radius 1 is 1.67 bits per heavy atom. The Balaban J connectivity index is 2.16. The molecule has 0 saturated carbocycles. The van der Waals surface area contributed by atoms with Crippen molar-refractivity contribution in [3.63, 3.8) is 0 Å². The lowest BCUT2D eigenvalue weighted by atomic mass is 9.98. The summed E-state index contributed by atoms with van der Waals surface area (Å²) in [7, 11) is 0. The van der Waals surface area contributed by atoms with Gasteiger partial charge in [0, 0.05) is 9.29 Å². The fraction of sp³-hybridized carbons (Fsp3) is 0.750. The van der Waals surface area contributed by atoms with E-state index in [4.69, 9.17) is 7.26 Å². The minimum Gasteiger partial charge on any atom is -0.339 e. The molecule has 0 aliphatic carbocycles. The predicted octanol–water partition coefficient (Wildman–Crippen LogP) is 0.701. The van der Waals surface area contributed by atoms with Crippen LogP contribution in [0.3, 0.4) is 0 Å². The molecule has 1 aliphatic rings. The van der Waals surface area contributed by atoms with Crippen LogP contribution in [0.5, 0.6) is 0 Å². The van der Waals surface area contributed by atoms with Crippen LogP contribution in [0.1, 0.15) is 27.3 Å². The second-order valence-corrected chi connectivity index (χ2v) is 3.23. The average Bonchev–Trinajstić information content (AvgIpc) is 2.71. The fourth-order valence-electron chi connectivity index (χ4n) is 1.54. The molecule has 4 nitrogen and oxygen atoms in total. The van der Waals surface area contributed by atoms with Gasteiger partial charge in [0.05, 0.1) is 5.92 Å². The predicted molar refractivity (Wildman–Crippen MR) is 43.8 cm³/mol. The van der Waals surface area contributed by atoms with Gasteiger partial charge in [0.2, 0.25) is 5.89 Å². The molecule has 2 rings (SSSR count). The first-order valence-electron chi connectivity index (χ1n) is 5.22. The number of aromatic nitrogens is 2. The first kappa shape index (κ1) is 5.70. The van der Waals surface area contributed by atoms with E-state index in [-0.39, 0.29) is 11.7 Å². The van der Waals surface area contributed by atoms with Crippen LogP contribution in [0.15, 0.2) is 4.52 Å². The van der Waals surface area contributed by atoms with E-state index in [2.05, 4.69) is 22.4 Å². The van der Waals surface area contributed by atoms with Gasteiger partial charge in [-0.25, -0.2) is 0 Å². The number of hydrogen-bond donors (Lipinski definition) is 1. The highest BCUT2D eigenvalue weighted by Crippen LogP contribution is 2.25. The van der Waals surface area contributed by atoms with E-state index >= 15 is 0 Å². The number of nitrogens with zero attached hydrogens (tertiary/aromatic N) is 2. The van der Waals surface area contributed by atoms with E-state index in [0.717, 1.165) is 13.1 Å². The van der Waals surface area contributed by atoms with E-state index < -0.39 is 6.88 Å². The summed E-state index contributed by atoms with van der Waals surface area (Å²) in [4.78, 5) is 4.05. The van der Waals surface area contributed by atoms with E-state index in [1.807, 2.05) is 0 Å². The zero-order chi connectivity index (χ0) is 10.1. The van der Waals surface area contributed by atoms with Gasteiger partial charge in [-0.1, -0.05) is 12.1 Å². The smallest absolute Gasteiger partial charge is 0.231 e. The van der Waals surface area contributed by atoms with Crippen LogP contribution >= 0.6 is 0 Å². The minimum absolute atomic E-state index is 0.152. The van der Waals surface area contributed by atoms with Gasteiger partial charge in [-0.2, -0.15) is 4.98 Å². The molecule has 1 aromatic heterocycles. The van der Waals surface area contributed by atoms with Crippen LogP contribution in [0, 0.1) is 12.8 Å². The summed E-state index contributed by atoms with van der Waals surface area (Å²) in [5.74, 6) is 1.41. The van der Waals surface area contributed by atoms with Crippen molar-refractivity contribution in [3.05, 3.63) is 11.7 Å². The summed E-state index contributed by atoms with van der Waals surface area (Å²) in [6.07, 6.45) is 0. The van der Waals surface area contributed by atoms with Crippen LogP contribution in [0.25, 0.3) is 0 Å². The Morgan fingerprint density at radius 2 is 2.58 bits per heavy atom. The monoisotopic (exact) mass is 169 g/mol. The highest BCUT2D eigenvalue weighted by Gasteiger charge is 2.28. The van der Waals surface area contributed by atoms with E-state index in [1.165, 1.54) is 0 Å². The number of hydrogen-bond acceptors (Lipinski definition) is 4. The van der Waals surface area contributed by atoms with Crippen molar-refractivity contribution in [1.82, 2.24) is 15.5 Å². The molecule has 0 radical (unpaired) electrons. The summed E-state index contributed by atoms with van der Waals surface area (Å²) in [5, 5.41) is 6.84. The van der Waals surface area contributed by atoms with Crippen LogP contribution in [0.2, 0.25) is 0 Å². The Hall–Kier alpha value is -0.900. The summed E-state index contributed by atoms with van der Waals surface area (Å²) in [5.41, 5.74) is 0. The molecule has 2 heterocycles. The molecule has 2 atom stereocenters. The summed E-state index contributed by atoms with van der Waals surface area (Å²) < 4.78 is 19.3. The number of rotatable bonds is 1. The topological polar surface area (TPSA) is 51.0 Å². The maximum atomic E-state index is 7.12. The molecule has 0 bridgehead atoms. The van der Waals surface area contributed by atoms with Crippen LogP contribution < -0.4 is 5.32 Å². The molecule has 66 valence electrons. The first-order valence-corrected chi connectivity index (χ1v) is 4.07. The Bertz CT molecular complexity index is 315. The molecule has 4 heteroatoms. The minimum atomic E-state index is -1.16. The molecule has 0 aromatic carbocycles. The second-order valence-electron chi connectivity index (χ2n) is 3.23. The number of aryl methyl sites for hydroxylation is 1. The van der Waals surface area contributed by atoms with Gasteiger partial charge in [-0.15, -0.1) is 0 Å². The van der Waals surface area contributed by atoms with Crippen molar-refractivity contribution < 1.29 is 7.26 Å². The van der Waals surface area contributed by atoms with Crippen molar-refractivity contribution in [3.8, 4) is 0 Å². The third-order valence-corrected chi connectivity index (χ3v) is 2.29. The zero-order valence-electron chi connectivity index (χ0n) is 8.95. The lowest BCUT2D eigenvalue weighted by molar-refractivity contribution is 0.337. The van der Waals surface area contributed by atoms with Crippen molar-refractivity contribution in [1.29, 1.82) is 0 Å². The standard InChI is InChI=1S/C8H13N3O/c1-5-3-9-4-7(5)8-10-6(2)11-12-8/h5,7,9H,3-4H2,1-2H3/i2D2. The molecule has 1 saturated heterocycles. The van der Waals surface area contributed by atoms with E-state index in [1.54, 1.807) is 0 Å². The molecular weight excluding hydrogens is 154 g/mol. The van der Waals surface area contributed by atoms with E-state index in [9.17, 15) is 0 Å². The molecule has 0 spiro atoms. The molecule has 1 fully saturated rings. The molecule has 1 N–H and O–H groups in total. The average molecular weight is 169 g/mol. The number of nitrogens with one attached hydrogen (secondary N) is 1. The van der Waals surface area contributed by atoms with Crippen LogP contribution in [-0.4, -0.2) is 23.2 Å². The summed E-state index contributed by atoms with van der Waals surface area (Å²) in [6, 6.07) is 0. The van der Waals surface area contributed by atoms with Crippen molar-refractivity contribution >= 4 is 0 Å². The summed E-state index contributed by atoms with van der Waals surface area (Å²) in [6.45, 7) is 2.75. The van der Waals surface area contributed by atoms with Gasteiger partial charge in [-0.3, -0.25) is 0 Å². The summed E-state index contributed by atoms with van der Waals surface area (Å²) >= 11 is 0. The highest BCUT2D eigenvalue weighted by atomic mass is 16.5. The lowest BCUT2D eigenvalue weighted by Crippen LogP contribution is -2.08. The van der Waals surface area contributed by atoms with Crippen LogP contribution in [0.4, 0.5) is 0 Å². The van der Waals surface area contributed by atoms with Gasteiger partial charge in [0.25, 0.3) is 0 Å². The Kier molecular flexibility index (Phi) is 1.36. The highest BCUT2D eigenvalue weighted by molar-refractivity contribution is 4.99. The normalized spacial score (nSPS) is 32.2. The van der Waals surface area contributed by atoms with Crippen molar-refractivity contribution in [2.24, 2.45) is 5.92 Å². The third kappa shape index (κ3) is 1.22. The first-order chi connectivity index (χ1) is 6.68. The van der Waals surface area contributed by atoms with Gasteiger partial charge >= 0.3 is 0 Å². The maximum absolute atomic E-state index is 7.12. The van der Waals surface area contributed by atoms with Crippen molar-refractivity contribution in [2.45, 2.75) is 19.7 Å². The fourth-order valence-corrected chi connectivity index (χ4v) is 1.54. The SMILES string of the molecule is [2H]C([2H])c1noc(C2CNCC2C)n1. The van der Waals surface area contributed by atoms with Gasteiger partial charge in [0.15, 0.2) is 5.82 Å². The zero-order valence-corrected chi connectivity index (χ0v) is 6.95. The molecule has 12 heavy (non-hydrogen) atoms. The second kappa shape index (κ2) is 2.86. The van der Waals surface area contributed by atoms with Gasteiger partial charge in [0.1, 0.15) is 0 Å².